The monoisotopic (exact) mass is 353 g/mol. The number of thiazole rings is 1. The molecule has 0 saturated heterocycles. The van der Waals surface area contributed by atoms with Crippen LogP contribution in [0.2, 0.25) is 0 Å². The molecule has 1 aromatic carbocycles. The number of aromatic nitrogens is 1. The van der Waals surface area contributed by atoms with E-state index in [9.17, 15) is 4.79 Å². The van der Waals surface area contributed by atoms with E-state index in [1.54, 1.807) is 23.1 Å². The number of hydrogen-bond donors (Lipinski definition) is 0. The summed E-state index contributed by atoms with van der Waals surface area (Å²) in [5, 5.41) is 1.06. The first-order valence-electron chi connectivity index (χ1n) is 6.13. The van der Waals surface area contributed by atoms with E-state index in [0.29, 0.717) is 6.42 Å². The number of thioether (sulfide) groups is 1. The zero-order chi connectivity index (χ0) is 13.2. The Labute approximate surface area is 128 Å². The molecule has 1 aliphatic rings. The highest BCUT2D eigenvalue weighted by atomic mass is 79.9. The fourth-order valence-corrected chi connectivity index (χ4v) is 4.72. The minimum atomic E-state index is 0.274. The lowest BCUT2D eigenvalue weighted by molar-refractivity contribution is 0.0976. The molecule has 1 aromatic heterocycles. The van der Waals surface area contributed by atoms with Gasteiger partial charge in [-0.1, -0.05) is 12.1 Å². The van der Waals surface area contributed by atoms with Gasteiger partial charge in [-0.2, -0.15) is 0 Å². The molecule has 1 aliphatic carbocycles. The Balaban J connectivity index is 1.74. The van der Waals surface area contributed by atoms with Crippen LogP contribution < -0.4 is 0 Å². The fraction of sp³-hybridized carbons (Fsp3) is 0.286. The molecule has 2 aromatic rings. The van der Waals surface area contributed by atoms with Crippen LogP contribution in [0.1, 0.15) is 33.2 Å². The topological polar surface area (TPSA) is 30.0 Å². The van der Waals surface area contributed by atoms with Crippen molar-refractivity contribution in [2.45, 2.75) is 29.9 Å². The lowest BCUT2D eigenvalue weighted by atomic mass is 10.0. The lowest BCUT2D eigenvalue weighted by Crippen LogP contribution is -2.07. The average molecular weight is 354 g/mol. The van der Waals surface area contributed by atoms with E-state index in [1.165, 1.54) is 4.90 Å². The number of halogens is 1. The number of nitrogens with zero attached hydrogens (tertiary/aromatic N) is 1. The summed E-state index contributed by atoms with van der Waals surface area (Å²) in [4.78, 5) is 18.5. The molecule has 0 bridgehead atoms. The van der Waals surface area contributed by atoms with Gasteiger partial charge in [-0.3, -0.25) is 4.79 Å². The van der Waals surface area contributed by atoms with Crippen molar-refractivity contribution < 1.29 is 4.79 Å². The summed E-state index contributed by atoms with van der Waals surface area (Å²) in [7, 11) is 0. The molecule has 19 heavy (non-hydrogen) atoms. The third-order valence-corrected chi connectivity index (χ3v) is 6.36. The van der Waals surface area contributed by atoms with E-state index < -0.39 is 0 Å². The maximum absolute atomic E-state index is 11.8. The normalized spacial score (nSPS) is 14.5. The summed E-state index contributed by atoms with van der Waals surface area (Å²) in [5.74, 6) is 1.10. The molecule has 0 amide bonds. The zero-order valence-corrected chi connectivity index (χ0v) is 13.4. The number of Topliss-reactive ketones (excluding diaryl/α,β-unsaturated/α-hetero) is 1. The molecule has 98 valence electrons. The highest BCUT2D eigenvalue weighted by Crippen LogP contribution is 2.33. The van der Waals surface area contributed by atoms with Crippen molar-refractivity contribution in [3.8, 4) is 0 Å². The Morgan fingerprint density at radius 3 is 2.95 bits per heavy atom. The predicted octanol–water partition coefficient (Wildman–Crippen LogP) is 4.72. The zero-order valence-electron chi connectivity index (χ0n) is 10.2. The minimum Gasteiger partial charge on any atom is -0.293 e. The van der Waals surface area contributed by atoms with Gasteiger partial charge in [-0.05, 0) is 40.9 Å². The number of ketones is 1. The molecule has 1 heterocycles. The Morgan fingerprint density at radius 2 is 2.16 bits per heavy atom. The van der Waals surface area contributed by atoms with Gasteiger partial charge in [0.1, 0.15) is 5.01 Å². The largest absolute Gasteiger partial charge is 0.293 e. The molecule has 0 spiro atoms. The van der Waals surface area contributed by atoms with Gasteiger partial charge in [0.05, 0.1) is 16.3 Å². The number of carbonyl (C=O) groups is 1. The highest BCUT2D eigenvalue weighted by Gasteiger charge is 2.21. The van der Waals surface area contributed by atoms with Crippen LogP contribution in [0.5, 0.6) is 0 Å². The molecule has 0 atom stereocenters. The second-order valence-corrected chi connectivity index (χ2v) is 7.33. The first-order valence-corrected chi connectivity index (χ1v) is 8.72. The van der Waals surface area contributed by atoms with Crippen LogP contribution in [0, 0.1) is 0 Å². The van der Waals surface area contributed by atoms with Crippen LogP contribution in [0.4, 0.5) is 0 Å². The van der Waals surface area contributed by atoms with Crippen molar-refractivity contribution in [3.63, 3.8) is 0 Å². The van der Waals surface area contributed by atoms with Gasteiger partial charge < -0.3 is 0 Å². The van der Waals surface area contributed by atoms with Crippen molar-refractivity contribution in [1.82, 2.24) is 4.98 Å². The number of hydrogen-bond acceptors (Lipinski definition) is 4. The van der Waals surface area contributed by atoms with Gasteiger partial charge in [0.25, 0.3) is 0 Å². The Kier molecular flexibility index (Phi) is 4.05. The predicted molar refractivity (Wildman–Crippen MR) is 83.1 cm³/mol. The summed E-state index contributed by atoms with van der Waals surface area (Å²) in [5.41, 5.74) is 1.02. The van der Waals surface area contributed by atoms with Crippen molar-refractivity contribution in [2.75, 3.05) is 0 Å². The lowest BCUT2D eigenvalue weighted by Gasteiger charge is -2.06. The first kappa shape index (κ1) is 13.3. The van der Waals surface area contributed by atoms with Gasteiger partial charge in [0.2, 0.25) is 0 Å². The van der Waals surface area contributed by atoms with Gasteiger partial charge in [0.15, 0.2) is 5.78 Å². The van der Waals surface area contributed by atoms with Crippen LogP contribution >= 0.6 is 39.0 Å². The molecule has 0 unspecified atom stereocenters. The highest BCUT2D eigenvalue weighted by molar-refractivity contribution is 9.10. The summed E-state index contributed by atoms with van der Waals surface area (Å²) >= 11 is 6.87. The molecular weight excluding hydrogens is 342 g/mol. The number of carbonyl (C=O) groups excluding carboxylic acids is 1. The quantitative estimate of drug-likeness (QED) is 0.748. The molecule has 5 heteroatoms. The summed E-state index contributed by atoms with van der Waals surface area (Å²) < 4.78 is 1.11. The molecular formula is C14H12BrNOS2. The summed E-state index contributed by atoms with van der Waals surface area (Å²) in [6.07, 6.45) is 2.59. The van der Waals surface area contributed by atoms with Crippen molar-refractivity contribution in [3.05, 3.63) is 44.3 Å². The molecule has 0 aliphatic heterocycles. The Hall–Kier alpha value is -0.650. The second-order valence-electron chi connectivity index (χ2n) is 4.38. The Bertz CT molecular complexity index is 624. The number of aryl methyl sites for hydroxylation is 1. The van der Waals surface area contributed by atoms with E-state index in [0.717, 1.165) is 38.6 Å². The molecule has 0 fully saturated rings. The van der Waals surface area contributed by atoms with E-state index in [-0.39, 0.29) is 5.78 Å². The van der Waals surface area contributed by atoms with Crippen LogP contribution in [-0.2, 0) is 12.2 Å². The molecule has 3 rings (SSSR count). The van der Waals surface area contributed by atoms with Crippen molar-refractivity contribution in [2.24, 2.45) is 0 Å². The fourth-order valence-electron chi connectivity index (χ4n) is 2.08. The molecule has 0 radical (unpaired) electrons. The number of rotatable bonds is 3. The average Bonchev–Trinajstić information content (AvgIpc) is 2.82. The van der Waals surface area contributed by atoms with E-state index >= 15 is 0 Å². The van der Waals surface area contributed by atoms with E-state index in [4.69, 9.17) is 0 Å². The van der Waals surface area contributed by atoms with Crippen LogP contribution in [0.15, 0.2) is 33.6 Å². The van der Waals surface area contributed by atoms with Crippen molar-refractivity contribution >= 4 is 44.8 Å². The molecule has 0 N–H and O–H groups in total. The molecule has 2 nitrogen and oxygen atoms in total. The smallest absolute Gasteiger partial charge is 0.174 e. The summed E-state index contributed by atoms with van der Waals surface area (Å²) in [6.45, 7) is 0. The van der Waals surface area contributed by atoms with E-state index in [2.05, 4.69) is 27.0 Å². The Morgan fingerprint density at radius 1 is 1.32 bits per heavy atom. The van der Waals surface area contributed by atoms with Gasteiger partial charge in [-0.15, -0.1) is 23.1 Å². The van der Waals surface area contributed by atoms with Crippen LogP contribution in [0.25, 0.3) is 0 Å². The van der Waals surface area contributed by atoms with Crippen LogP contribution in [0.3, 0.4) is 0 Å². The third kappa shape index (κ3) is 2.93. The van der Waals surface area contributed by atoms with Gasteiger partial charge in [0, 0.05) is 15.8 Å². The maximum atomic E-state index is 11.8. The maximum Gasteiger partial charge on any atom is 0.174 e. The first-order chi connectivity index (χ1) is 9.24. The number of fused-ring (bicyclic) bond motifs is 1. The summed E-state index contributed by atoms with van der Waals surface area (Å²) in [6, 6.07) is 8.17. The van der Waals surface area contributed by atoms with Crippen molar-refractivity contribution in [1.29, 1.82) is 0 Å². The molecule has 0 saturated carbocycles. The second kappa shape index (κ2) is 5.77. The van der Waals surface area contributed by atoms with Crippen LogP contribution in [-0.4, -0.2) is 10.8 Å². The van der Waals surface area contributed by atoms with Gasteiger partial charge in [-0.25, -0.2) is 4.98 Å². The minimum absolute atomic E-state index is 0.274. The standard InChI is InChI=1S/C14H12BrNOS2/c15-9-4-1-2-7-12(9)18-8-13-16-10-5-3-6-11(17)14(10)19-13/h1-2,4,7H,3,5-6,8H2. The third-order valence-electron chi connectivity index (χ3n) is 3.00. The van der Waals surface area contributed by atoms with Gasteiger partial charge >= 0.3 is 0 Å². The number of benzene rings is 1. The SMILES string of the molecule is O=C1CCCc2nc(CSc3ccccc3Br)sc21. The van der Waals surface area contributed by atoms with E-state index in [1.807, 2.05) is 18.2 Å².